The van der Waals surface area contributed by atoms with Gasteiger partial charge in [0.15, 0.2) is 5.78 Å². The SMILES string of the molecule is C/C=C1\C(=C/CC)NC(CC)=C(C(=O)CC(C)C)[C@H](c2ccc(OCc3ccccc3)cc2)N1C(C)O. The summed E-state index contributed by atoms with van der Waals surface area (Å²) in [6.07, 6.45) is 5.27. The summed E-state index contributed by atoms with van der Waals surface area (Å²) in [5, 5.41) is 14.7. The fourth-order valence-corrected chi connectivity index (χ4v) is 4.85. The highest BCUT2D eigenvalue weighted by atomic mass is 16.5. The quantitative estimate of drug-likeness (QED) is 0.365. The van der Waals surface area contributed by atoms with Crippen LogP contribution in [0, 0.1) is 5.92 Å². The zero-order valence-corrected chi connectivity index (χ0v) is 23.1. The van der Waals surface area contributed by atoms with Gasteiger partial charge in [-0.3, -0.25) is 4.79 Å². The van der Waals surface area contributed by atoms with Gasteiger partial charge in [0, 0.05) is 17.7 Å². The van der Waals surface area contributed by atoms with E-state index in [1.165, 1.54) is 0 Å². The van der Waals surface area contributed by atoms with E-state index in [2.05, 4.69) is 39.1 Å². The van der Waals surface area contributed by atoms with Crippen molar-refractivity contribution in [1.82, 2.24) is 10.2 Å². The average Bonchev–Trinajstić information content (AvgIpc) is 3.02. The van der Waals surface area contributed by atoms with Crippen LogP contribution in [0.4, 0.5) is 0 Å². The van der Waals surface area contributed by atoms with Crippen molar-refractivity contribution in [2.75, 3.05) is 0 Å². The fraction of sp³-hybridized carbons (Fsp3) is 0.406. The molecule has 0 radical (unpaired) electrons. The van der Waals surface area contributed by atoms with Crippen molar-refractivity contribution in [2.45, 2.75) is 79.7 Å². The predicted octanol–water partition coefficient (Wildman–Crippen LogP) is 7.03. The van der Waals surface area contributed by atoms with Crippen LogP contribution in [0.2, 0.25) is 0 Å². The van der Waals surface area contributed by atoms with Gasteiger partial charge in [-0.25, -0.2) is 0 Å². The topological polar surface area (TPSA) is 61.8 Å². The van der Waals surface area contributed by atoms with E-state index in [0.29, 0.717) is 25.0 Å². The molecule has 2 N–H and O–H groups in total. The first-order chi connectivity index (χ1) is 17.8. The number of allylic oxidation sites excluding steroid dienone is 3. The first kappa shape index (κ1) is 28.3. The van der Waals surface area contributed by atoms with E-state index in [0.717, 1.165) is 40.4 Å². The molecule has 0 amide bonds. The summed E-state index contributed by atoms with van der Waals surface area (Å²) in [5.74, 6) is 1.09. The first-order valence-corrected chi connectivity index (χ1v) is 13.4. The van der Waals surface area contributed by atoms with Crippen LogP contribution >= 0.6 is 0 Å². The van der Waals surface area contributed by atoms with Crippen LogP contribution in [0.25, 0.3) is 0 Å². The van der Waals surface area contributed by atoms with Crippen LogP contribution in [-0.2, 0) is 11.4 Å². The summed E-state index contributed by atoms with van der Waals surface area (Å²) < 4.78 is 6.02. The number of aliphatic hydroxyl groups is 1. The van der Waals surface area contributed by atoms with E-state index in [4.69, 9.17) is 4.74 Å². The molecule has 2 atom stereocenters. The molecule has 0 bridgehead atoms. The number of aliphatic hydroxyl groups excluding tert-OH is 1. The van der Waals surface area contributed by atoms with Gasteiger partial charge >= 0.3 is 0 Å². The Balaban J connectivity index is 2.11. The number of hydrogen-bond acceptors (Lipinski definition) is 5. The average molecular weight is 503 g/mol. The normalized spacial score (nSPS) is 19.2. The molecule has 5 nitrogen and oxygen atoms in total. The standard InChI is InChI=1S/C32H42N2O3/c1-7-13-28-29(9-3)34(23(6)35)32(31(27(8-2)33-28)30(36)20-22(4)5)25-16-18-26(19-17-25)37-21-24-14-11-10-12-15-24/h9-19,22-23,32-33,35H,7-8,20-21H2,1-6H3/b28-13+,29-9+/t23?,32-/m0/s1. The van der Waals surface area contributed by atoms with Gasteiger partial charge in [0.2, 0.25) is 0 Å². The highest BCUT2D eigenvalue weighted by molar-refractivity contribution is 5.98. The number of ether oxygens (including phenoxy) is 1. The van der Waals surface area contributed by atoms with Crippen molar-refractivity contribution in [3.05, 3.63) is 101 Å². The van der Waals surface area contributed by atoms with Crippen molar-refractivity contribution in [2.24, 2.45) is 5.92 Å². The zero-order valence-electron chi connectivity index (χ0n) is 23.1. The number of carbonyl (C=O) groups is 1. The summed E-state index contributed by atoms with van der Waals surface area (Å²) in [6.45, 7) is 12.5. The minimum absolute atomic E-state index is 0.104. The highest BCUT2D eigenvalue weighted by Crippen LogP contribution is 2.41. The number of benzene rings is 2. The molecule has 3 rings (SSSR count). The lowest BCUT2D eigenvalue weighted by molar-refractivity contribution is -0.117. The second-order valence-electron chi connectivity index (χ2n) is 9.88. The van der Waals surface area contributed by atoms with E-state index >= 15 is 0 Å². The number of nitrogens with zero attached hydrogens (tertiary/aromatic N) is 1. The Labute approximate surface area is 222 Å². The summed E-state index contributed by atoms with van der Waals surface area (Å²) >= 11 is 0. The lowest BCUT2D eigenvalue weighted by Crippen LogP contribution is -2.38. The lowest BCUT2D eigenvalue weighted by Gasteiger charge is -2.38. The number of ketones is 1. The largest absolute Gasteiger partial charge is 0.489 e. The second-order valence-corrected chi connectivity index (χ2v) is 9.88. The summed E-state index contributed by atoms with van der Waals surface area (Å²) in [7, 11) is 0. The maximum Gasteiger partial charge on any atom is 0.163 e. The summed E-state index contributed by atoms with van der Waals surface area (Å²) in [6, 6.07) is 17.6. The van der Waals surface area contributed by atoms with Crippen molar-refractivity contribution in [1.29, 1.82) is 0 Å². The minimum atomic E-state index is -0.815. The first-order valence-electron chi connectivity index (χ1n) is 13.4. The molecule has 0 aliphatic carbocycles. The van der Waals surface area contributed by atoms with Crippen molar-refractivity contribution >= 4 is 5.78 Å². The number of nitrogens with one attached hydrogen (secondary N) is 1. The predicted molar refractivity (Wildman–Crippen MR) is 151 cm³/mol. The monoisotopic (exact) mass is 502 g/mol. The van der Waals surface area contributed by atoms with E-state index < -0.39 is 12.3 Å². The number of Topliss-reactive ketones (excluding diaryl/α,β-unsaturated/α-hetero) is 1. The van der Waals surface area contributed by atoms with E-state index in [1.54, 1.807) is 6.92 Å². The molecule has 1 aliphatic heterocycles. The Bertz CT molecular complexity index is 1130. The van der Waals surface area contributed by atoms with Crippen LogP contribution in [0.5, 0.6) is 5.75 Å². The maximum atomic E-state index is 13.8. The Morgan fingerprint density at radius 3 is 2.30 bits per heavy atom. The molecule has 1 aliphatic rings. The van der Waals surface area contributed by atoms with Crippen LogP contribution in [0.15, 0.2) is 89.4 Å². The van der Waals surface area contributed by atoms with Gasteiger partial charge in [-0.05, 0) is 55.9 Å². The van der Waals surface area contributed by atoms with Crippen LogP contribution in [0.1, 0.15) is 78.0 Å². The van der Waals surface area contributed by atoms with Crippen LogP contribution in [0.3, 0.4) is 0 Å². The molecule has 2 aromatic rings. The number of carbonyl (C=O) groups excluding carboxylic acids is 1. The zero-order chi connectivity index (χ0) is 26.9. The number of hydrogen-bond donors (Lipinski definition) is 2. The van der Waals surface area contributed by atoms with E-state index in [9.17, 15) is 9.90 Å². The highest BCUT2D eigenvalue weighted by Gasteiger charge is 2.37. The van der Waals surface area contributed by atoms with Gasteiger partial charge in [-0.15, -0.1) is 0 Å². The van der Waals surface area contributed by atoms with Gasteiger partial charge in [0.1, 0.15) is 18.6 Å². The molecule has 0 spiro atoms. The molecule has 0 saturated carbocycles. The Morgan fingerprint density at radius 1 is 1.08 bits per heavy atom. The van der Waals surface area contributed by atoms with Gasteiger partial charge in [0.05, 0.1) is 17.4 Å². The molecule has 37 heavy (non-hydrogen) atoms. The summed E-state index contributed by atoms with van der Waals surface area (Å²) in [5.41, 5.74) is 5.46. The lowest BCUT2D eigenvalue weighted by atomic mass is 9.88. The third-order valence-corrected chi connectivity index (χ3v) is 6.49. The fourth-order valence-electron chi connectivity index (χ4n) is 4.85. The van der Waals surface area contributed by atoms with E-state index in [-0.39, 0.29) is 11.7 Å². The van der Waals surface area contributed by atoms with Gasteiger partial charge < -0.3 is 20.1 Å². The van der Waals surface area contributed by atoms with Crippen LogP contribution < -0.4 is 10.1 Å². The summed E-state index contributed by atoms with van der Waals surface area (Å²) in [4.78, 5) is 15.8. The molecular formula is C32H42N2O3. The second kappa shape index (κ2) is 13.3. The molecule has 1 unspecified atom stereocenters. The van der Waals surface area contributed by atoms with Gasteiger partial charge in [0.25, 0.3) is 0 Å². The minimum Gasteiger partial charge on any atom is -0.489 e. The van der Waals surface area contributed by atoms with Gasteiger partial charge in [-0.2, -0.15) is 0 Å². The van der Waals surface area contributed by atoms with Crippen molar-refractivity contribution in [3.63, 3.8) is 0 Å². The maximum absolute atomic E-state index is 13.8. The molecule has 198 valence electrons. The van der Waals surface area contributed by atoms with Crippen molar-refractivity contribution in [3.8, 4) is 5.75 Å². The smallest absolute Gasteiger partial charge is 0.163 e. The molecule has 5 heteroatoms. The third-order valence-electron chi connectivity index (χ3n) is 6.49. The molecule has 0 fully saturated rings. The van der Waals surface area contributed by atoms with Gasteiger partial charge in [-0.1, -0.05) is 82.3 Å². The Hall–Kier alpha value is -3.31. The molecule has 2 aromatic carbocycles. The molecular weight excluding hydrogens is 460 g/mol. The Kier molecular flexibility index (Phi) is 10.2. The van der Waals surface area contributed by atoms with Crippen LogP contribution in [-0.4, -0.2) is 22.0 Å². The van der Waals surface area contributed by atoms with Crippen molar-refractivity contribution < 1.29 is 14.6 Å². The van der Waals surface area contributed by atoms with E-state index in [1.807, 2.05) is 72.5 Å². The number of rotatable bonds is 10. The molecule has 1 heterocycles. The third kappa shape index (κ3) is 6.92. The molecule has 0 aromatic heterocycles. The molecule has 0 saturated heterocycles. The Morgan fingerprint density at radius 2 is 1.76 bits per heavy atom.